The molecule has 0 aliphatic carbocycles. The summed E-state index contributed by atoms with van der Waals surface area (Å²) >= 11 is 0. The van der Waals surface area contributed by atoms with E-state index in [4.69, 9.17) is 9.15 Å². The Morgan fingerprint density at radius 2 is 1.81 bits per heavy atom. The number of hydrogen-bond acceptors (Lipinski definition) is 5. The number of rotatable bonds is 6. The molecule has 0 saturated carbocycles. The zero-order chi connectivity index (χ0) is 21.8. The van der Waals surface area contributed by atoms with Crippen LogP contribution >= 0.6 is 0 Å². The molecule has 0 spiro atoms. The summed E-state index contributed by atoms with van der Waals surface area (Å²) in [5.74, 6) is 0.0271. The molecule has 0 bridgehead atoms. The highest BCUT2D eigenvalue weighted by Crippen LogP contribution is 2.27. The summed E-state index contributed by atoms with van der Waals surface area (Å²) in [6.45, 7) is 6.84. The Morgan fingerprint density at radius 3 is 2.55 bits per heavy atom. The molecule has 4 rings (SSSR count). The summed E-state index contributed by atoms with van der Waals surface area (Å²) in [4.78, 5) is 28.4. The quantitative estimate of drug-likeness (QED) is 0.515. The van der Waals surface area contributed by atoms with Crippen LogP contribution in [0, 0.1) is 6.92 Å². The van der Waals surface area contributed by atoms with Crippen LogP contribution in [0.15, 0.2) is 57.7 Å². The van der Waals surface area contributed by atoms with Gasteiger partial charge < -0.3 is 14.1 Å². The third-order valence-corrected chi connectivity index (χ3v) is 6.01. The van der Waals surface area contributed by atoms with E-state index < -0.39 is 5.97 Å². The maximum atomic E-state index is 13.0. The Kier molecular flexibility index (Phi) is 6.52. The Balaban J connectivity index is 1.59. The molecule has 2 aromatic carbocycles. The fourth-order valence-electron chi connectivity index (χ4n) is 4.19. The minimum Gasteiger partial charge on any atom is -0.459 e. The van der Waals surface area contributed by atoms with Crippen molar-refractivity contribution in [3.8, 4) is 11.3 Å². The second kappa shape index (κ2) is 9.48. The molecule has 0 amide bonds. The summed E-state index contributed by atoms with van der Waals surface area (Å²) in [7, 11) is 0. The first-order valence-corrected chi connectivity index (χ1v) is 11.1. The van der Waals surface area contributed by atoms with Gasteiger partial charge in [0.15, 0.2) is 11.0 Å². The van der Waals surface area contributed by atoms with Crippen LogP contribution < -0.4 is 5.43 Å². The van der Waals surface area contributed by atoms with Gasteiger partial charge in [-0.3, -0.25) is 4.79 Å². The molecule has 5 heteroatoms. The molecule has 1 aromatic heterocycles. The number of esters is 1. The topological polar surface area (TPSA) is 59.8 Å². The highest BCUT2D eigenvalue weighted by molar-refractivity contribution is 6.02. The first-order chi connectivity index (χ1) is 15.0. The van der Waals surface area contributed by atoms with Gasteiger partial charge in [-0.1, -0.05) is 42.8 Å². The predicted molar refractivity (Wildman–Crippen MR) is 122 cm³/mol. The zero-order valence-corrected chi connectivity index (χ0v) is 18.2. The molecule has 3 aromatic rings. The lowest BCUT2D eigenvalue weighted by Crippen LogP contribution is -2.32. The van der Waals surface area contributed by atoms with Gasteiger partial charge in [-0.2, -0.15) is 0 Å². The van der Waals surface area contributed by atoms with Crippen LogP contribution in [0.5, 0.6) is 0 Å². The lowest BCUT2D eigenvalue weighted by Gasteiger charge is -2.27. The van der Waals surface area contributed by atoms with E-state index in [0.717, 1.165) is 31.6 Å². The highest BCUT2D eigenvalue weighted by Gasteiger charge is 2.21. The maximum absolute atomic E-state index is 13.0. The van der Waals surface area contributed by atoms with E-state index in [1.165, 1.54) is 19.3 Å². The number of nitrogens with zero attached hydrogens (tertiary/aromatic N) is 1. The second-order valence-electron chi connectivity index (χ2n) is 8.34. The fraction of sp³-hybridized carbons (Fsp3) is 0.385. The van der Waals surface area contributed by atoms with Gasteiger partial charge >= 0.3 is 5.97 Å². The molecule has 0 unspecified atom stereocenters. The minimum absolute atomic E-state index is 0.132. The summed E-state index contributed by atoms with van der Waals surface area (Å²) in [6, 6.07) is 14.5. The van der Waals surface area contributed by atoms with Crippen molar-refractivity contribution in [1.82, 2.24) is 4.90 Å². The molecular weight excluding hydrogens is 390 g/mol. The molecule has 1 aliphatic heterocycles. The predicted octanol–water partition coefficient (Wildman–Crippen LogP) is 5.19. The van der Waals surface area contributed by atoms with Crippen LogP contribution in [0.4, 0.5) is 0 Å². The molecule has 31 heavy (non-hydrogen) atoms. The Labute approximate surface area is 182 Å². The standard InChI is InChI=1S/C26H29NO4/c1-18(14-17-27-15-7-4-8-16-27)30-26(29)22-13-9-12-21-23(28)19(2)24(31-25(21)22)20-10-5-3-6-11-20/h3,5-6,9-13,18H,4,7-8,14-17H2,1-2H3/t18-/m0/s1. The van der Waals surface area contributed by atoms with Crippen molar-refractivity contribution in [1.29, 1.82) is 0 Å². The Bertz CT molecular complexity index is 1110. The fourth-order valence-corrected chi connectivity index (χ4v) is 4.19. The zero-order valence-electron chi connectivity index (χ0n) is 18.2. The largest absolute Gasteiger partial charge is 0.459 e. The van der Waals surface area contributed by atoms with Crippen molar-refractivity contribution in [2.45, 2.75) is 45.6 Å². The Hall–Kier alpha value is -2.92. The van der Waals surface area contributed by atoms with Crippen molar-refractivity contribution in [2.24, 2.45) is 0 Å². The summed E-state index contributed by atoms with van der Waals surface area (Å²) in [5.41, 5.74) is 1.77. The van der Waals surface area contributed by atoms with Gasteiger partial charge in [0, 0.05) is 17.7 Å². The van der Waals surface area contributed by atoms with Crippen molar-refractivity contribution in [2.75, 3.05) is 19.6 Å². The van der Waals surface area contributed by atoms with Gasteiger partial charge in [-0.25, -0.2) is 4.79 Å². The number of piperidine rings is 1. The van der Waals surface area contributed by atoms with E-state index in [-0.39, 0.29) is 22.7 Å². The maximum Gasteiger partial charge on any atom is 0.342 e. The number of hydrogen-bond donors (Lipinski definition) is 0. The van der Waals surface area contributed by atoms with Gasteiger partial charge in [0.1, 0.15) is 17.4 Å². The number of ether oxygens (including phenoxy) is 1. The molecule has 5 nitrogen and oxygen atoms in total. The number of fused-ring (bicyclic) bond motifs is 1. The summed E-state index contributed by atoms with van der Waals surface area (Å²) in [5, 5.41) is 0.396. The van der Waals surface area contributed by atoms with Crippen LogP contribution in [-0.4, -0.2) is 36.6 Å². The first kappa shape index (κ1) is 21.3. The van der Waals surface area contributed by atoms with Gasteiger partial charge in [0.05, 0.1) is 5.39 Å². The average Bonchev–Trinajstić information content (AvgIpc) is 2.81. The van der Waals surface area contributed by atoms with E-state index in [2.05, 4.69) is 4.90 Å². The lowest BCUT2D eigenvalue weighted by molar-refractivity contribution is 0.0298. The van der Waals surface area contributed by atoms with Crippen LogP contribution in [0.1, 0.15) is 48.5 Å². The molecule has 1 aliphatic rings. The van der Waals surface area contributed by atoms with Crippen molar-refractivity contribution >= 4 is 16.9 Å². The van der Waals surface area contributed by atoms with Gasteiger partial charge in [0.2, 0.25) is 0 Å². The van der Waals surface area contributed by atoms with E-state index >= 15 is 0 Å². The molecule has 0 N–H and O–H groups in total. The van der Waals surface area contributed by atoms with Crippen LogP contribution in [0.2, 0.25) is 0 Å². The molecule has 0 radical (unpaired) electrons. The Morgan fingerprint density at radius 1 is 1.06 bits per heavy atom. The van der Waals surface area contributed by atoms with Crippen LogP contribution in [0.3, 0.4) is 0 Å². The summed E-state index contributed by atoms with van der Waals surface area (Å²) in [6.07, 6.45) is 4.36. The van der Waals surface area contributed by atoms with Gasteiger partial charge in [-0.15, -0.1) is 0 Å². The number of likely N-dealkylation sites (tertiary alicyclic amines) is 1. The molecule has 162 valence electrons. The first-order valence-electron chi connectivity index (χ1n) is 11.1. The van der Waals surface area contributed by atoms with Crippen molar-refractivity contribution in [3.05, 3.63) is 69.9 Å². The smallest absolute Gasteiger partial charge is 0.342 e. The molecule has 2 heterocycles. The summed E-state index contributed by atoms with van der Waals surface area (Å²) < 4.78 is 11.9. The van der Waals surface area contributed by atoms with Crippen molar-refractivity contribution < 1.29 is 13.9 Å². The van der Waals surface area contributed by atoms with E-state index in [1.54, 1.807) is 25.1 Å². The van der Waals surface area contributed by atoms with E-state index in [0.29, 0.717) is 16.7 Å². The molecule has 1 fully saturated rings. The second-order valence-corrected chi connectivity index (χ2v) is 8.34. The SMILES string of the molecule is Cc1c(-c2ccccc2)oc2c(C(=O)O[C@@H](C)CCN3CCCCC3)cccc2c1=O. The number of para-hydroxylation sites is 1. The molecular formula is C26H29NO4. The monoisotopic (exact) mass is 419 g/mol. The third kappa shape index (κ3) is 4.72. The van der Waals surface area contributed by atoms with Gasteiger partial charge in [-0.05, 0) is 58.3 Å². The third-order valence-electron chi connectivity index (χ3n) is 6.01. The lowest BCUT2D eigenvalue weighted by atomic mass is 10.0. The van der Waals surface area contributed by atoms with Crippen LogP contribution in [0.25, 0.3) is 22.3 Å². The normalized spacial score (nSPS) is 15.7. The van der Waals surface area contributed by atoms with Gasteiger partial charge in [0.25, 0.3) is 0 Å². The highest BCUT2D eigenvalue weighted by atomic mass is 16.5. The van der Waals surface area contributed by atoms with Crippen LogP contribution in [-0.2, 0) is 4.74 Å². The van der Waals surface area contributed by atoms with E-state index in [1.807, 2.05) is 37.3 Å². The van der Waals surface area contributed by atoms with Crippen molar-refractivity contribution in [3.63, 3.8) is 0 Å². The van der Waals surface area contributed by atoms with E-state index in [9.17, 15) is 9.59 Å². The number of benzene rings is 2. The number of carbonyl (C=O) groups is 1. The molecule has 1 saturated heterocycles. The number of carbonyl (C=O) groups excluding carboxylic acids is 1. The molecule has 1 atom stereocenters. The average molecular weight is 420 g/mol. The minimum atomic E-state index is -0.456.